The topological polar surface area (TPSA) is 45.2 Å². The van der Waals surface area contributed by atoms with Gasteiger partial charge in [0, 0.05) is 26.2 Å². The van der Waals surface area contributed by atoms with Gasteiger partial charge in [-0.2, -0.15) is 15.0 Å². The molecule has 2 saturated heterocycles. The predicted molar refractivity (Wildman–Crippen MR) is 81.6 cm³/mol. The summed E-state index contributed by atoms with van der Waals surface area (Å²) >= 11 is 6.11. The molecule has 2 aliphatic heterocycles. The van der Waals surface area contributed by atoms with Crippen LogP contribution in [0.3, 0.4) is 0 Å². The van der Waals surface area contributed by atoms with Gasteiger partial charge < -0.3 is 9.80 Å². The first-order valence-corrected chi connectivity index (χ1v) is 8.12. The zero-order chi connectivity index (χ0) is 13.8. The van der Waals surface area contributed by atoms with Gasteiger partial charge in [-0.05, 0) is 43.7 Å². The van der Waals surface area contributed by atoms with E-state index in [1.165, 1.54) is 44.9 Å². The molecule has 2 fully saturated rings. The summed E-state index contributed by atoms with van der Waals surface area (Å²) in [4.78, 5) is 17.8. The molecule has 0 N–H and O–H groups in total. The van der Waals surface area contributed by atoms with Crippen LogP contribution in [0.25, 0.3) is 0 Å². The van der Waals surface area contributed by atoms with Crippen molar-refractivity contribution in [2.24, 2.45) is 0 Å². The van der Waals surface area contributed by atoms with Gasteiger partial charge in [0.15, 0.2) is 0 Å². The molecule has 0 spiro atoms. The predicted octanol–water partition coefficient (Wildman–Crippen LogP) is 2.90. The molecule has 5 nitrogen and oxygen atoms in total. The van der Waals surface area contributed by atoms with Gasteiger partial charge >= 0.3 is 0 Å². The summed E-state index contributed by atoms with van der Waals surface area (Å²) in [6, 6.07) is 0. The number of aromatic nitrogens is 3. The van der Waals surface area contributed by atoms with Gasteiger partial charge in [0.2, 0.25) is 17.2 Å². The van der Waals surface area contributed by atoms with Crippen LogP contribution in [0.1, 0.15) is 44.9 Å². The lowest BCUT2D eigenvalue weighted by molar-refractivity contribution is 0.566. The van der Waals surface area contributed by atoms with Gasteiger partial charge in [0.05, 0.1) is 0 Å². The molecule has 0 unspecified atom stereocenters. The summed E-state index contributed by atoms with van der Waals surface area (Å²) in [5.74, 6) is 1.51. The molecular weight excluding hydrogens is 274 g/mol. The molecule has 3 heterocycles. The molecule has 0 amide bonds. The van der Waals surface area contributed by atoms with Crippen molar-refractivity contribution in [2.75, 3.05) is 36.0 Å². The smallest absolute Gasteiger partial charge is 0.231 e. The number of halogens is 1. The average molecular weight is 296 g/mol. The summed E-state index contributed by atoms with van der Waals surface area (Å²) in [6.07, 6.45) is 8.74. The van der Waals surface area contributed by atoms with E-state index in [2.05, 4.69) is 24.8 Å². The number of hydrogen-bond acceptors (Lipinski definition) is 5. The van der Waals surface area contributed by atoms with Crippen molar-refractivity contribution in [1.82, 2.24) is 15.0 Å². The van der Waals surface area contributed by atoms with E-state index in [1.54, 1.807) is 0 Å². The molecule has 1 aromatic rings. The van der Waals surface area contributed by atoms with Gasteiger partial charge in [-0.3, -0.25) is 0 Å². The van der Waals surface area contributed by atoms with Crippen molar-refractivity contribution in [1.29, 1.82) is 0 Å². The first-order valence-electron chi connectivity index (χ1n) is 7.74. The lowest BCUT2D eigenvalue weighted by Gasteiger charge is -2.28. The highest BCUT2D eigenvalue weighted by atomic mass is 35.5. The molecule has 0 radical (unpaired) electrons. The molecule has 0 aliphatic carbocycles. The number of nitrogens with zero attached hydrogens (tertiary/aromatic N) is 5. The maximum absolute atomic E-state index is 6.11. The van der Waals surface area contributed by atoms with E-state index in [0.29, 0.717) is 5.28 Å². The minimum absolute atomic E-state index is 0.319. The lowest BCUT2D eigenvalue weighted by Crippen LogP contribution is -2.32. The van der Waals surface area contributed by atoms with Crippen molar-refractivity contribution in [3.63, 3.8) is 0 Å². The zero-order valence-electron chi connectivity index (χ0n) is 11.9. The van der Waals surface area contributed by atoms with E-state index >= 15 is 0 Å². The maximum atomic E-state index is 6.11. The van der Waals surface area contributed by atoms with Gasteiger partial charge in [0.25, 0.3) is 0 Å². The van der Waals surface area contributed by atoms with E-state index < -0.39 is 0 Å². The summed E-state index contributed by atoms with van der Waals surface area (Å²) in [7, 11) is 0. The van der Waals surface area contributed by atoms with E-state index in [9.17, 15) is 0 Å². The van der Waals surface area contributed by atoms with E-state index in [-0.39, 0.29) is 0 Å². The molecule has 0 bridgehead atoms. The maximum Gasteiger partial charge on any atom is 0.231 e. The molecule has 6 heteroatoms. The molecule has 20 heavy (non-hydrogen) atoms. The molecule has 0 atom stereocenters. The van der Waals surface area contributed by atoms with Crippen molar-refractivity contribution < 1.29 is 0 Å². The Bertz CT molecular complexity index is 439. The highest BCUT2D eigenvalue weighted by molar-refractivity contribution is 6.28. The quantitative estimate of drug-likeness (QED) is 0.839. The molecular formula is C14H22ClN5. The average Bonchev–Trinajstić information content (AvgIpc) is 2.77. The molecule has 2 aliphatic rings. The van der Waals surface area contributed by atoms with Gasteiger partial charge in [-0.1, -0.05) is 12.8 Å². The second-order valence-corrected chi connectivity index (χ2v) is 5.99. The molecule has 1 aromatic heterocycles. The monoisotopic (exact) mass is 295 g/mol. The summed E-state index contributed by atoms with van der Waals surface area (Å²) in [5, 5.41) is 0.319. The standard InChI is InChI=1S/C14H22ClN5/c15-12-16-13(19-8-4-1-2-5-9-19)18-14(17-12)20-10-6-3-7-11-20/h1-11H2. The fourth-order valence-corrected chi connectivity index (χ4v) is 3.13. The van der Waals surface area contributed by atoms with Gasteiger partial charge in [-0.25, -0.2) is 0 Å². The highest BCUT2D eigenvalue weighted by Crippen LogP contribution is 2.22. The van der Waals surface area contributed by atoms with Crippen LogP contribution in [-0.2, 0) is 0 Å². The second-order valence-electron chi connectivity index (χ2n) is 5.65. The number of anilines is 2. The van der Waals surface area contributed by atoms with Crippen LogP contribution < -0.4 is 9.80 Å². The van der Waals surface area contributed by atoms with Crippen LogP contribution in [0.2, 0.25) is 5.28 Å². The third-order valence-corrected chi connectivity index (χ3v) is 4.28. The first-order chi connectivity index (χ1) is 9.83. The molecule has 0 saturated carbocycles. The lowest BCUT2D eigenvalue weighted by atomic mass is 10.1. The largest absolute Gasteiger partial charge is 0.341 e. The SMILES string of the molecule is Clc1nc(N2CCCCCC2)nc(N2CCCCC2)n1. The van der Waals surface area contributed by atoms with Gasteiger partial charge in [0.1, 0.15) is 0 Å². The number of rotatable bonds is 2. The van der Waals surface area contributed by atoms with Crippen LogP contribution >= 0.6 is 11.6 Å². The first kappa shape index (κ1) is 13.9. The molecule has 110 valence electrons. The molecule has 3 rings (SSSR count). The number of hydrogen-bond donors (Lipinski definition) is 0. The summed E-state index contributed by atoms with van der Waals surface area (Å²) < 4.78 is 0. The van der Waals surface area contributed by atoms with Crippen LogP contribution in [-0.4, -0.2) is 41.1 Å². The van der Waals surface area contributed by atoms with Crippen LogP contribution in [0.4, 0.5) is 11.9 Å². The third-order valence-electron chi connectivity index (χ3n) is 4.11. The van der Waals surface area contributed by atoms with Crippen molar-refractivity contribution in [3.05, 3.63) is 5.28 Å². The Kier molecular flexibility index (Phi) is 4.55. The normalized spacial score (nSPS) is 20.9. The van der Waals surface area contributed by atoms with Crippen LogP contribution in [0.15, 0.2) is 0 Å². The summed E-state index contributed by atoms with van der Waals surface area (Å²) in [5.41, 5.74) is 0. The van der Waals surface area contributed by atoms with Crippen LogP contribution in [0, 0.1) is 0 Å². The Morgan fingerprint density at radius 1 is 0.600 bits per heavy atom. The Morgan fingerprint density at radius 3 is 1.45 bits per heavy atom. The fraction of sp³-hybridized carbons (Fsp3) is 0.786. The van der Waals surface area contributed by atoms with Crippen molar-refractivity contribution in [3.8, 4) is 0 Å². The zero-order valence-corrected chi connectivity index (χ0v) is 12.6. The van der Waals surface area contributed by atoms with Crippen LogP contribution in [0.5, 0.6) is 0 Å². The van der Waals surface area contributed by atoms with Gasteiger partial charge in [-0.15, -0.1) is 0 Å². The second kappa shape index (κ2) is 6.57. The van der Waals surface area contributed by atoms with E-state index in [1.807, 2.05) is 0 Å². The highest BCUT2D eigenvalue weighted by Gasteiger charge is 2.19. The fourth-order valence-electron chi connectivity index (χ4n) is 2.98. The van der Waals surface area contributed by atoms with Crippen molar-refractivity contribution >= 4 is 23.5 Å². The Balaban J connectivity index is 1.81. The Labute approximate surface area is 125 Å². The van der Waals surface area contributed by atoms with Crippen molar-refractivity contribution in [2.45, 2.75) is 44.9 Å². The summed E-state index contributed by atoms with van der Waals surface area (Å²) in [6.45, 7) is 4.11. The third kappa shape index (κ3) is 3.32. The van der Waals surface area contributed by atoms with E-state index in [0.717, 1.165) is 38.1 Å². The Morgan fingerprint density at radius 2 is 1.00 bits per heavy atom. The minimum Gasteiger partial charge on any atom is -0.341 e. The molecule has 0 aromatic carbocycles. The van der Waals surface area contributed by atoms with E-state index in [4.69, 9.17) is 11.6 Å². The Hall–Kier alpha value is -1.10. The minimum atomic E-state index is 0.319. The number of piperidine rings is 1.